The summed E-state index contributed by atoms with van der Waals surface area (Å²) in [6.45, 7) is 1.64. The Kier molecular flexibility index (Phi) is 3.29. The summed E-state index contributed by atoms with van der Waals surface area (Å²) in [5.41, 5.74) is 7.01. The van der Waals surface area contributed by atoms with Crippen LogP contribution in [0.15, 0.2) is 24.3 Å². The van der Waals surface area contributed by atoms with E-state index in [2.05, 4.69) is 11.0 Å². The van der Waals surface area contributed by atoms with Gasteiger partial charge in [0.25, 0.3) is 0 Å². The first kappa shape index (κ1) is 11.5. The maximum Gasteiger partial charge on any atom is 0.220 e. The van der Waals surface area contributed by atoms with Gasteiger partial charge in [0.05, 0.1) is 11.6 Å². The molecule has 1 heterocycles. The second-order valence-electron chi connectivity index (χ2n) is 4.33. The average Bonchev–Trinajstić information content (AvgIpc) is 2.39. The summed E-state index contributed by atoms with van der Waals surface area (Å²) in [5, 5.41) is 8.85. The highest BCUT2D eigenvalue weighted by molar-refractivity contribution is 5.77. The third-order valence-corrected chi connectivity index (χ3v) is 3.24. The van der Waals surface area contributed by atoms with Crippen LogP contribution in [-0.4, -0.2) is 19.0 Å². The van der Waals surface area contributed by atoms with Crippen LogP contribution in [0.2, 0.25) is 0 Å². The number of nitrogens with two attached hydrogens (primary N) is 1. The zero-order valence-corrected chi connectivity index (χ0v) is 9.60. The number of carbonyl (C=O) groups is 1. The molecule has 1 fully saturated rings. The number of primary amides is 1. The van der Waals surface area contributed by atoms with E-state index in [4.69, 9.17) is 11.0 Å². The molecular formula is C13H15N3O. The lowest BCUT2D eigenvalue weighted by molar-refractivity contribution is -0.122. The van der Waals surface area contributed by atoms with Crippen LogP contribution in [-0.2, 0) is 4.79 Å². The van der Waals surface area contributed by atoms with Crippen molar-refractivity contribution >= 4 is 11.6 Å². The minimum absolute atomic E-state index is 0.00500. The number of anilines is 1. The van der Waals surface area contributed by atoms with E-state index in [9.17, 15) is 4.79 Å². The highest BCUT2D eigenvalue weighted by atomic mass is 16.1. The summed E-state index contributed by atoms with van der Waals surface area (Å²) < 4.78 is 0. The van der Waals surface area contributed by atoms with Gasteiger partial charge in [-0.3, -0.25) is 4.79 Å². The van der Waals surface area contributed by atoms with Gasteiger partial charge < -0.3 is 10.6 Å². The summed E-state index contributed by atoms with van der Waals surface area (Å²) in [6, 6.07) is 9.68. The van der Waals surface area contributed by atoms with Gasteiger partial charge in [-0.05, 0) is 31.0 Å². The van der Waals surface area contributed by atoms with Crippen LogP contribution >= 0.6 is 0 Å². The normalized spacial score (nSPS) is 16.5. The summed E-state index contributed by atoms with van der Waals surface area (Å²) in [4.78, 5) is 13.3. The predicted octanol–water partition coefficient (Wildman–Crippen LogP) is 1.26. The zero-order valence-electron chi connectivity index (χ0n) is 9.60. The lowest BCUT2D eigenvalue weighted by Gasteiger charge is -2.32. The molecule has 1 aliphatic rings. The molecule has 2 N–H and O–H groups in total. The lowest BCUT2D eigenvalue weighted by Crippen LogP contribution is -2.38. The molecule has 0 bridgehead atoms. The van der Waals surface area contributed by atoms with Gasteiger partial charge in [0, 0.05) is 24.7 Å². The molecular weight excluding hydrogens is 214 g/mol. The van der Waals surface area contributed by atoms with Gasteiger partial charge in [-0.1, -0.05) is 6.07 Å². The molecule has 1 aliphatic heterocycles. The Morgan fingerprint density at radius 3 is 2.71 bits per heavy atom. The Balaban J connectivity index is 2.05. The molecule has 0 saturated carbocycles. The molecule has 4 heteroatoms. The van der Waals surface area contributed by atoms with E-state index in [0.717, 1.165) is 31.6 Å². The van der Waals surface area contributed by atoms with Crippen molar-refractivity contribution in [3.05, 3.63) is 29.8 Å². The molecule has 17 heavy (non-hydrogen) atoms. The molecule has 4 nitrogen and oxygen atoms in total. The van der Waals surface area contributed by atoms with Crippen LogP contribution in [0.3, 0.4) is 0 Å². The molecule has 0 spiro atoms. The van der Waals surface area contributed by atoms with Gasteiger partial charge in [-0.2, -0.15) is 5.26 Å². The van der Waals surface area contributed by atoms with Gasteiger partial charge in [-0.25, -0.2) is 0 Å². The van der Waals surface area contributed by atoms with E-state index in [1.54, 1.807) is 6.07 Å². The SMILES string of the molecule is N#Cc1cccc(N2CCC(C(N)=O)CC2)c1. The molecule has 1 aromatic rings. The van der Waals surface area contributed by atoms with Crippen LogP contribution < -0.4 is 10.6 Å². The second kappa shape index (κ2) is 4.88. The third kappa shape index (κ3) is 2.56. The van der Waals surface area contributed by atoms with Crippen LogP contribution in [0.4, 0.5) is 5.69 Å². The largest absolute Gasteiger partial charge is 0.371 e. The fourth-order valence-electron chi connectivity index (χ4n) is 2.19. The second-order valence-corrected chi connectivity index (χ2v) is 4.33. The van der Waals surface area contributed by atoms with E-state index in [1.807, 2.05) is 18.2 Å². The quantitative estimate of drug-likeness (QED) is 0.830. The highest BCUT2D eigenvalue weighted by Crippen LogP contribution is 2.23. The molecule has 0 aromatic heterocycles. The zero-order chi connectivity index (χ0) is 12.3. The molecule has 0 aliphatic carbocycles. The lowest BCUT2D eigenvalue weighted by atomic mass is 9.96. The first-order valence-electron chi connectivity index (χ1n) is 5.75. The Morgan fingerprint density at radius 2 is 2.12 bits per heavy atom. The number of hydrogen-bond donors (Lipinski definition) is 1. The number of amides is 1. The van der Waals surface area contributed by atoms with Crippen molar-refractivity contribution < 1.29 is 4.79 Å². The maximum absolute atomic E-state index is 11.1. The number of benzene rings is 1. The molecule has 88 valence electrons. The van der Waals surface area contributed by atoms with Gasteiger partial charge >= 0.3 is 0 Å². The molecule has 0 unspecified atom stereocenters. The van der Waals surface area contributed by atoms with Crippen LogP contribution in [0.5, 0.6) is 0 Å². The van der Waals surface area contributed by atoms with Crippen LogP contribution in [0.25, 0.3) is 0 Å². The number of hydrogen-bond acceptors (Lipinski definition) is 3. The van der Waals surface area contributed by atoms with Gasteiger partial charge in [0.1, 0.15) is 0 Å². The maximum atomic E-state index is 11.1. The number of piperidine rings is 1. The third-order valence-electron chi connectivity index (χ3n) is 3.24. The number of rotatable bonds is 2. The van der Waals surface area contributed by atoms with E-state index in [0.29, 0.717) is 5.56 Å². The molecule has 1 amide bonds. The van der Waals surface area contributed by atoms with Crippen molar-refractivity contribution in [3.8, 4) is 6.07 Å². The standard InChI is InChI=1S/C13H15N3O/c14-9-10-2-1-3-12(8-10)16-6-4-11(5-7-16)13(15)17/h1-3,8,11H,4-7H2,(H2,15,17). The van der Waals surface area contributed by atoms with Crippen molar-refractivity contribution in [2.75, 3.05) is 18.0 Å². The Morgan fingerprint density at radius 1 is 1.41 bits per heavy atom. The van der Waals surface area contributed by atoms with Crippen molar-refractivity contribution in [2.24, 2.45) is 11.7 Å². The summed E-state index contributed by atoms with van der Waals surface area (Å²) >= 11 is 0. The van der Waals surface area contributed by atoms with Gasteiger partial charge in [0.15, 0.2) is 0 Å². The smallest absolute Gasteiger partial charge is 0.220 e. The van der Waals surface area contributed by atoms with E-state index in [-0.39, 0.29) is 11.8 Å². The van der Waals surface area contributed by atoms with Gasteiger partial charge in [0.2, 0.25) is 5.91 Å². The molecule has 0 radical (unpaired) electrons. The topological polar surface area (TPSA) is 70.1 Å². The minimum atomic E-state index is -0.199. The Labute approximate surface area is 101 Å². The summed E-state index contributed by atoms with van der Waals surface area (Å²) in [5.74, 6) is -0.194. The number of carbonyl (C=O) groups excluding carboxylic acids is 1. The first-order valence-corrected chi connectivity index (χ1v) is 5.75. The van der Waals surface area contributed by atoms with Crippen molar-refractivity contribution in [1.82, 2.24) is 0 Å². The molecule has 1 aromatic carbocycles. The summed E-state index contributed by atoms with van der Waals surface area (Å²) in [6.07, 6.45) is 1.60. The van der Waals surface area contributed by atoms with Crippen molar-refractivity contribution in [3.63, 3.8) is 0 Å². The van der Waals surface area contributed by atoms with Gasteiger partial charge in [-0.15, -0.1) is 0 Å². The van der Waals surface area contributed by atoms with Crippen LogP contribution in [0.1, 0.15) is 18.4 Å². The number of nitrogens with zero attached hydrogens (tertiary/aromatic N) is 2. The fraction of sp³-hybridized carbons (Fsp3) is 0.385. The molecule has 1 saturated heterocycles. The van der Waals surface area contributed by atoms with E-state index in [1.165, 1.54) is 0 Å². The van der Waals surface area contributed by atoms with E-state index >= 15 is 0 Å². The van der Waals surface area contributed by atoms with Crippen LogP contribution in [0, 0.1) is 17.2 Å². The minimum Gasteiger partial charge on any atom is -0.371 e. The Bertz CT molecular complexity index is 456. The Hall–Kier alpha value is -2.02. The molecule has 2 rings (SSSR count). The van der Waals surface area contributed by atoms with Crippen molar-refractivity contribution in [1.29, 1.82) is 5.26 Å². The van der Waals surface area contributed by atoms with E-state index < -0.39 is 0 Å². The highest BCUT2D eigenvalue weighted by Gasteiger charge is 2.23. The van der Waals surface area contributed by atoms with Crippen molar-refractivity contribution in [2.45, 2.75) is 12.8 Å². The number of nitriles is 1. The molecule has 0 atom stereocenters. The first-order chi connectivity index (χ1) is 8.20. The average molecular weight is 229 g/mol. The fourth-order valence-corrected chi connectivity index (χ4v) is 2.19. The monoisotopic (exact) mass is 229 g/mol. The summed E-state index contributed by atoms with van der Waals surface area (Å²) in [7, 11) is 0. The predicted molar refractivity (Wildman–Crippen MR) is 65.3 cm³/mol.